The normalized spacial score (nSPS) is 15.5. The fraction of sp³-hybridized carbons (Fsp3) is 0.308. The maximum absolute atomic E-state index is 4.61. The topological polar surface area (TPSA) is 53.9 Å². The van der Waals surface area contributed by atoms with Crippen LogP contribution in [0.4, 0.5) is 5.82 Å². The number of halogens is 1. The number of nitrogens with zero attached hydrogens (tertiary/aromatic N) is 4. The molecule has 98 valence electrons. The van der Waals surface area contributed by atoms with Gasteiger partial charge in [-0.3, -0.25) is 0 Å². The highest BCUT2D eigenvalue weighted by Gasteiger charge is 2.13. The molecule has 6 heteroatoms. The summed E-state index contributed by atoms with van der Waals surface area (Å²) in [7, 11) is 0. The van der Waals surface area contributed by atoms with Crippen LogP contribution < -0.4 is 10.2 Å². The Kier molecular flexibility index (Phi) is 3.70. The zero-order valence-electron chi connectivity index (χ0n) is 10.4. The molecule has 1 N–H and O–H groups in total. The van der Waals surface area contributed by atoms with E-state index in [0.717, 1.165) is 42.0 Å². The van der Waals surface area contributed by atoms with E-state index >= 15 is 0 Å². The molecular formula is C13H14BrN5. The summed E-state index contributed by atoms with van der Waals surface area (Å²) in [5.74, 6) is 1.57. The Labute approximate surface area is 120 Å². The molecule has 19 heavy (non-hydrogen) atoms. The molecular weight excluding hydrogens is 306 g/mol. The summed E-state index contributed by atoms with van der Waals surface area (Å²) in [5, 5.41) is 11.5. The Morgan fingerprint density at radius 2 is 1.84 bits per heavy atom. The first-order chi connectivity index (χ1) is 9.33. The van der Waals surface area contributed by atoms with Gasteiger partial charge in [-0.2, -0.15) is 5.10 Å². The van der Waals surface area contributed by atoms with E-state index in [4.69, 9.17) is 0 Å². The van der Waals surface area contributed by atoms with Crippen LogP contribution in [0.15, 0.2) is 34.9 Å². The van der Waals surface area contributed by atoms with Gasteiger partial charge in [0.2, 0.25) is 0 Å². The van der Waals surface area contributed by atoms with Crippen molar-refractivity contribution in [3.05, 3.63) is 34.9 Å². The van der Waals surface area contributed by atoms with Gasteiger partial charge in [0.05, 0.1) is 6.20 Å². The van der Waals surface area contributed by atoms with Gasteiger partial charge in [-0.15, -0.1) is 5.10 Å². The molecule has 1 aliphatic heterocycles. The molecule has 0 aliphatic carbocycles. The number of nitrogens with one attached hydrogen (secondary N) is 1. The maximum atomic E-state index is 4.61. The lowest BCUT2D eigenvalue weighted by atomic mass is 10.2. The molecule has 5 nitrogen and oxygen atoms in total. The smallest absolute Gasteiger partial charge is 0.183 e. The first kappa shape index (κ1) is 12.5. The van der Waals surface area contributed by atoms with E-state index in [1.165, 1.54) is 0 Å². The fourth-order valence-corrected chi connectivity index (χ4v) is 2.33. The summed E-state index contributed by atoms with van der Waals surface area (Å²) < 4.78 is 1.04. The fourth-order valence-electron chi connectivity index (χ4n) is 2.06. The van der Waals surface area contributed by atoms with Gasteiger partial charge in [0, 0.05) is 36.2 Å². The number of anilines is 1. The van der Waals surface area contributed by atoms with E-state index in [1.54, 1.807) is 6.20 Å². The number of aromatic nitrogens is 3. The minimum atomic E-state index is 0.670. The van der Waals surface area contributed by atoms with Crippen LogP contribution >= 0.6 is 15.9 Å². The summed E-state index contributed by atoms with van der Waals surface area (Å²) in [5.41, 5.74) is 0.979. The summed E-state index contributed by atoms with van der Waals surface area (Å²) >= 11 is 3.42. The molecule has 0 bridgehead atoms. The van der Waals surface area contributed by atoms with Gasteiger partial charge in [0.25, 0.3) is 0 Å². The quantitative estimate of drug-likeness (QED) is 0.913. The Morgan fingerprint density at radius 1 is 1.11 bits per heavy atom. The predicted molar refractivity (Wildman–Crippen MR) is 78.0 cm³/mol. The summed E-state index contributed by atoms with van der Waals surface area (Å²) in [6.07, 6.45) is 1.73. The van der Waals surface area contributed by atoms with Crippen molar-refractivity contribution in [1.29, 1.82) is 0 Å². The first-order valence-corrected chi connectivity index (χ1v) is 7.03. The van der Waals surface area contributed by atoms with Crippen LogP contribution in [-0.4, -0.2) is 41.4 Å². The molecule has 1 saturated heterocycles. The summed E-state index contributed by atoms with van der Waals surface area (Å²) in [6, 6.07) is 7.94. The first-order valence-electron chi connectivity index (χ1n) is 6.24. The molecule has 3 rings (SSSR count). The number of benzene rings is 1. The third kappa shape index (κ3) is 2.90. The monoisotopic (exact) mass is 319 g/mol. The van der Waals surface area contributed by atoms with E-state index < -0.39 is 0 Å². The average Bonchev–Trinajstić information content (AvgIpc) is 2.49. The second-order valence-electron chi connectivity index (χ2n) is 4.38. The van der Waals surface area contributed by atoms with E-state index in [2.05, 4.69) is 41.3 Å². The van der Waals surface area contributed by atoms with Gasteiger partial charge < -0.3 is 10.2 Å². The summed E-state index contributed by atoms with van der Waals surface area (Å²) in [4.78, 5) is 6.84. The third-order valence-corrected chi connectivity index (χ3v) is 3.62. The molecule has 0 atom stereocenters. The molecule has 1 aliphatic rings. The van der Waals surface area contributed by atoms with Crippen LogP contribution in [0.3, 0.4) is 0 Å². The minimum Gasteiger partial charge on any atom is -0.353 e. The van der Waals surface area contributed by atoms with Crippen molar-refractivity contribution < 1.29 is 0 Å². The highest BCUT2D eigenvalue weighted by atomic mass is 79.9. The number of rotatable bonds is 2. The van der Waals surface area contributed by atoms with Crippen molar-refractivity contribution in [3.63, 3.8) is 0 Å². The van der Waals surface area contributed by atoms with Gasteiger partial charge in [-0.1, -0.05) is 28.1 Å². The lowest BCUT2D eigenvalue weighted by molar-refractivity contribution is 0.583. The SMILES string of the molecule is Brc1ccc(-c2nncc(N3CCNCC3)n2)cc1. The maximum Gasteiger partial charge on any atom is 0.183 e. The van der Waals surface area contributed by atoms with Crippen LogP contribution in [0.2, 0.25) is 0 Å². The van der Waals surface area contributed by atoms with Gasteiger partial charge in [-0.05, 0) is 12.1 Å². The van der Waals surface area contributed by atoms with Crippen molar-refractivity contribution in [2.24, 2.45) is 0 Å². The van der Waals surface area contributed by atoms with E-state index in [1.807, 2.05) is 24.3 Å². The Bertz CT molecular complexity index is 551. The standard InChI is InChI=1S/C13H14BrN5/c14-11-3-1-10(2-4-11)13-17-12(9-16-18-13)19-7-5-15-6-8-19/h1-4,9,15H,5-8H2. The average molecular weight is 320 g/mol. The Balaban J connectivity index is 1.88. The molecule has 0 saturated carbocycles. The van der Waals surface area contributed by atoms with Gasteiger partial charge in [0.15, 0.2) is 11.6 Å². The molecule has 0 unspecified atom stereocenters. The molecule has 1 aromatic heterocycles. The van der Waals surface area contributed by atoms with Crippen LogP contribution in [0.25, 0.3) is 11.4 Å². The molecule has 1 fully saturated rings. The highest BCUT2D eigenvalue weighted by Crippen LogP contribution is 2.20. The summed E-state index contributed by atoms with van der Waals surface area (Å²) in [6.45, 7) is 3.88. The molecule has 0 amide bonds. The minimum absolute atomic E-state index is 0.670. The zero-order valence-corrected chi connectivity index (χ0v) is 12.0. The predicted octanol–water partition coefficient (Wildman–Crippen LogP) is 1.71. The Morgan fingerprint density at radius 3 is 2.58 bits per heavy atom. The third-order valence-electron chi connectivity index (χ3n) is 3.09. The number of hydrogen-bond acceptors (Lipinski definition) is 5. The van der Waals surface area contributed by atoms with Crippen LogP contribution in [0.1, 0.15) is 0 Å². The number of piperazine rings is 1. The highest BCUT2D eigenvalue weighted by molar-refractivity contribution is 9.10. The largest absolute Gasteiger partial charge is 0.353 e. The van der Waals surface area contributed by atoms with Crippen LogP contribution in [0, 0.1) is 0 Å². The molecule has 1 aromatic carbocycles. The van der Waals surface area contributed by atoms with E-state index in [9.17, 15) is 0 Å². The van der Waals surface area contributed by atoms with Gasteiger partial charge in [-0.25, -0.2) is 4.98 Å². The zero-order chi connectivity index (χ0) is 13.1. The van der Waals surface area contributed by atoms with Gasteiger partial charge >= 0.3 is 0 Å². The van der Waals surface area contributed by atoms with Crippen molar-refractivity contribution in [3.8, 4) is 11.4 Å². The van der Waals surface area contributed by atoms with Gasteiger partial charge in [0.1, 0.15) is 0 Å². The van der Waals surface area contributed by atoms with E-state index in [0.29, 0.717) is 5.82 Å². The van der Waals surface area contributed by atoms with Crippen molar-refractivity contribution in [2.45, 2.75) is 0 Å². The molecule has 0 spiro atoms. The van der Waals surface area contributed by atoms with Crippen LogP contribution in [-0.2, 0) is 0 Å². The lowest BCUT2D eigenvalue weighted by Gasteiger charge is -2.28. The lowest BCUT2D eigenvalue weighted by Crippen LogP contribution is -2.44. The van der Waals surface area contributed by atoms with Crippen molar-refractivity contribution in [1.82, 2.24) is 20.5 Å². The van der Waals surface area contributed by atoms with Crippen molar-refractivity contribution in [2.75, 3.05) is 31.1 Å². The molecule has 2 heterocycles. The van der Waals surface area contributed by atoms with Crippen molar-refractivity contribution >= 4 is 21.7 Å². The molecule has 2 aromatic rings. The second kappa shape index (κ2) is 5.63. The van der Waals surface area contributed by atoms with Crippen LogP contribution in [0.5, 0.6) is 0 Å². The second-order valence-corrected chi connectivity index (χ2v) is 5.30. The number of hydrogen-bond donors (Lipinski definition) is 1. The molecule has 0 radical (unpaired) electrons. The Hall–Kier alpha value is -1.53. The van der Waals surface area contributed by atoms with E-state index in [-0.39, 0.29) is 0 Å².